The van der Waals surface area contributed by atoms with Gasteiger partial charge in [0.15, 0.2) is 5.78 Å². The van der Waals surface area contributed by atoms with Gasteiger partial charge in [-0.3, -0.25) is 9.59 Å². The Morgan fingerprint density at radius 3 is 2.38 bits per heavy atom. The lowest BCUT2D eigenvalue weighted by Crippen LogP contribution is -2.30. The molecule has 0 radical (unpaired) electrons. The normalized spacial score (nSPS) is 12.2. The molecule has 3 heteroatoms. The predicted octanol–water partition coefficient (Wildman–Crippen LogP) is -0.290. The van der Waals surface area contributed by atoms with Gasteiger partial charge in [0, 0.05) is 0 Å². The molecule has 0 aromatic rings. The van der Waals surface area contributed by atoms with Crippen LogP contribution in [0.1, 0.15) is 13.8 Å². The lowest BCUT2D eigenvalue weighted by atomic mass is 10.2. The molecule has 0 aromatic heterocycles. The topological polar surface area (TPSA) is 46.2 Å². The zero-order valence-electron chi connectivity index (χ0n) is 4.97. The highest BCUT2D eigenvalue weighted by molar-refractivity contribution is 5.82. The van der Waals surface area contributed by atoms with Crippen molar-refractivity contribution in [1.82, 2.24) is 5.32 Å². The van der Waals surface area contributed by atoms with Crippen molar-refractivity contribution in [2.24, 2.45) is 0 Å². The van der Waals surface area contributed by atoms with Crippen molar-refractivity contribution in [2.45, 2.75) is 19.9 Å². The van der Waals surface area contributed by atoms with Crippen LogP contribution < -0.4 is 5.32 Å². The number of Topliss-reactive ketones (excluding diaryl/α,β-unsaturated/α-hetero) is 1. The third-order valence-corrected chi connectivity index (χ3v) is 0.928. The summed E-state index contributed by atoms with van der Waals surface area (Å²) in [4.78, 5) is 20.0. The highest BCUT2D eigenvalue weighted by Gasteiger charge is 2.02. The molecule has 3 nitrogen and oxygen atoms in total. The number of carbonyl (C=O) groups is 2. The van der Waals surface area contributed by atoms with E-state index < -0.39 is 0 Å². The molecule has 0 spiro atoms. The zero-order chi connectivity index (χ0) is 6.57. The summed E-state index contributed by atoms with van der Waals surface area (Å²) in [6.07, 6.45) is 0.520. The van der Waals surface area contributed by atoms with Crippen LogP contribution in [0, 0.1) is 0 Å². The second-order valence-electron chi connectivity index (χ2n) is 1.62. The van der Waals surface area contributed by atoms with Gasteiger partial charge in [-0.1, -0.05) is 0 Å². The van der Waals surface area contributed by atoms with Gasteiger partial charge in [-0.15, -0.1) is 0 Å². The summed E-state index contributed by atoms with van der Waals surface area (Å²) in [5.41, 5.74) is 0. The van der Waals surface area contributed by atoms with Crippen molar-refractivity contribution in [3.63, 3.8) is 0 Å². The number of amides is 1. The fourth-order valence-electron chi connectivity index (χ4n) is 0.219. The van der Waals surface area contributed by atoms with E-state index in [1.165, 1.54) is 6.92 Å². The van der Waals surface area contributed by atoms with Crippen molar-refractivity contribution in [2.75, 3.05) is 0 Å². The molecule has 1 N–H and O–H groups in total. The number of nitrogens with one attached hydrogen (secondary N) is 1. The van der Waals surface area contributed by atoms with E-state index in [-0.39, 0.29) is 11.8 Å². The Hall–Kier alpha value is -0.860. The van der Waals surface area contributed by atoms with E-state index in [2.05, 4.69) is 5.32 Å². The largest absolute Gasteiger partial charge is 0.349 e. The van der Waals surface area contributed by atoms with Crippen LogP contribution in [-0.2, 0) is 9.59 Å². The van der Waals surface area contributed by atoms with Crippen LogP contribution in [0.25, 0.3) is 0 Å². The van der Waals surface area contributed by atoms with Crippen LogP contribution in [0.15, 0.2) is 0 Å². The molecule has 0 aliphatic carbocycles. The van der Waals surface area contributed by atoms with Gasteiger partial charge in [0.25, 0.3) is 0 Å². The fourth-order valence-corrected chi connectivity index (χ4v) is 0.219. The minimum atomic E-state index is -0.340. The second-order valence-corrected chi connectivity index (χ2v) is 1.62. The highest BCUT2D eigenvalue weighted by atomic mass is 16.1. The summed E-state index contributed by atoms with van der Waals surface area (Å²) >= 11 is 0. The summed E-state index contributed by atoms with van der Waals surface area (Å²) < 4.78 is 0. The van der Waals surface area contributed by atoms with Crippen LogP contribution in [0.2, 0.25) is 0 Å². The van der Waals surface area contributed by atoms with Crippen LogP contribution in [-0.4, -0.2) is 18.2 Å². The number of carbonyl (C=O) groups excluding carboxylic acids is 2. The Morgan fingerprint density at radius 2 is 2.25 bits per heavy atom. The average Bonchev–Trinajstić information content (AvgIpc) is 1.67. The van der Waals surface area contributed by atoms with E-state index in [1.807, 2.05) is 0 Å². The highest BCUT2D eigenvalue weighted by Crippen LogP contribution is 1.78. The van der Waals surface area contributed by atoms with E-state index in [1.54, 1.807) is 6.92 Å². The molecular formula is C5H9NO2. The molecule has 0 bridgehead atoms. The van der Waals surface area contributed by atoms with Crippen LogP contribution >= 0.6 is 0 Å². The van der Waals surface area contributed by atoms with E-state index in [9.17, 15) is 9.59 Å². The van der Waals surface area contributed by atoms with Gasteiger partial charge in [-0.25, -0.2) is 0 Å². The van der Waals surface area contributed by atoms with Gasteiger partial charge in [-0.2, -0.15) is 0 Å². The molecule has 1 amide bonds. The quantitative estimate of drug-likeness (QED) is 0.514. The van der Waals surface area contributed by atoms with Crippen LogP contribution in [0.5, 0.6) is 0 Å². The third-order valence-electron chi connectivity index (χ3n) is 0.928. The SMILES string of the molecule is CC(=O)[C@H](C)NC=O. The maximum atomic E-state index is 10.3. The van der Waals surface area contributed by atoms with Crippen LogP contribution in [0.4, 0.5) is 0 Å². The lowest BCUT2D eigenvalue weighted by molar-refractivity contribution is -0.121. The molecule has 46 valence electrons. The second kappa shape index (κ2) is 3.18. The first-order chi connectivity index (χ1) is 3.68. The molecule has 0 fully saturated rings. The fraction of sp³-hybridized carbons (Fsp3) is 0.600. The zero-order valence-corrected chi connectivity index (χ0v) is 4.97. The van der Waals surface area contributed by atoms with Crippen molar-refractivity contribution in [1.29, 1.82) is 0 Å². The Morgan fingerprint density at radius 1 is 1.75 bits per heavy atom. The monoisotopic (exact) mass is 115 g/mol. The minimum absolute atomic E-state index is 0.0305. The molecule has 0 aliphatic heterocycles. The van der Waals surface area contributed by atoms with E-state index >= 15 is 0 Å². The maximum absolute atomic E-state index is 10.3. The molecule has 0 unspecified atom stereocenters. The summed E-state index contributed by atoms with van der Waals surface area (Å²) in [6, 6.07) is -0.340. The van der Waals surface area contributed by atoms with Gasteiger partial charge >= 0.3 is 0 Å². The van der Waals surface area contributed by atoms with Gasteiger partial charge in [0.05, 0.1) is 6.04 Å². The van der Waals surface area contributed by atoms with Crippen molar-refractivity contribution in [3.05, 3.63) is 0 Å². The first-order valence-corrected chi connectivity index (χ1v) is 2.38. The van der Waals surface area contributed by atoms with E-state index in [0.29, 0.717) is 6.41 Å². The number of rotatable bonds is 3. The first kappa shape index (κ1) is 7.14. The Balaban J connectivity index is 3.46. The maximum Gasteiger partial charge on any atom is 0.207 e. The smallest absolute Gasteiger partial charge is 0.207 e. The Kier molecular flexibility index (Phi) is 2.84. The summed E-state index contributed by atoms with van der Waals surface area (Å²) in [7, 11) is 0. The molecule has 0 saturated carbocycles. The molecule has 0 rings (SSSR count). The molecule has 8 heavy (non-hydrogen) atoms. The van der Waals surface area contributed by atoms with Gasteiger partial charge in [0.2, 0.25) is 6.41 Å². The van der Waals surface area contributed by atoms with E-state index in [4.69, 9.17) is 0 Å². The first-order valence-electron chi connectivity index (χ1n) is 2.38. The van der Waals surface area contributed by atoms with Crippen molar-refractivity contribution in [3.8, 4) is 0 Å². The summed E-state index contributed by atoms with van der Waals surface area (Å²) in [5.74, 6) is -0.0305. The number of hydrogen-bond acceptors (Lipinski definition) is 2. The van der Waals surface area contributed by atoms with Gasteiger partial charge < -0.3 is 5.32 Å². The van der Waals surface area contributed by atoms with E-state index in [0.717, 1.165) is 0 Å². The molecule has 0 aliphatic rings. The predicted molar refractivity (Wildman–Crippen MR) is 29.3 cm³/mol. The number of hydrogen-bond donors (Lipinski definition) is 1. The van der Waals surface area contributed by atoms with Crippen molar-refractivity contribution >= 4 is 12.2 Å². The molecule has 0 aromatic carbocycles. The summed E-state index contributed by atoms with van der Waals surface area (Å²) in [6.45, 7) is 3.07. The van der Waals surface area contributed by atoms with Crippen LogP contribution in [0.3, 0.4) is 0 Å². The minimum Gasteiger partial charge on any atom is -0.349 e. The molecule has 1 atom stereocenters. The molecule has 0 heterocycles. The molecular weight excluding hydrogens is 106 g/mol. The lowest BCUT2D eigenvalue weighted by Gasteiger charge is -2.01. The van der Waals surface area contributed by atoms with Gasteiger partial charge in [0.1, 0.15) is 0 Å². The average molecular weight is 115 g/mol. The Bertz CT molecular complexity index is 101. The summed E-state index contributed by atoms with van der Waals surface area (Å²) in [5, 5.41) is 2.31. The number of ketones is 1. The third kappa shape index (κ3) is 2.34. The van der Waals surface area contributed by atoms with Crippen molar-refractivity contribution < 1.29 is 9.59 Å². The van der Waals surface area contributed by atoms with Gasteiger partial charge in [-0.05, 0) is 13.8 Å². The standard InChI is InChI=1S/C5H9NO2/c1-4(5(2)8)6-3-7/h3-4H,1-2H3,(H,6,7)/t4-/m0/s1. The Labute approximate surface area is 48.1 Å². The molecule has 0 saturated heterocycles.